The summed E-state index contributed by atoms with van der Waals surface area (Å²) in [6.45, 7) is 2.00. The zero-order valence-electron chi connectivity index (χ0n) is 11.2. The molecule has 3 heteroatoms. The molecule has 1 heterocycles. The summed E-state index contributed by atoms with van der Waals surface area (Å²) in [6, 6.07) is 15.8. The van der Waals surface area contributed by atoms with E-state index in [0.717, 1.165) is 16.6 Å². The average Bonchev–Trinajstić information content (AvgIpc) is 2.47. The van der Waals surface area contributed by atoms with E-state index in [2.05, 4.69) is 28.5 Å². The van der Waals surface area contributed by atoms with Crippen LogP contribution in [0.1, 0.15) is 18.5 Å². The van der Waals surface area contributed by atoms with Gasteiger partial charge >= 0.3 is 0 Å². The number of hydrogen-bond donors (Lipinski definition) is 1. The van der Waals surface area contributed by atoms with Crippen LogP contribution in [-0.2, 0) is 0 Å². The zero-order valence-corrected chi connectivity index (χ0v) is 11.2. The number of aromatic nitrogens is 1. The van der Waals surface area contributed by atoms with Gasteiger partial charge in [0.15, 0.2) is 0 Å². The first-order valence-electron chi connectivity index (χ1n) is 6.59. The average molecular weight is 266 g/mol. The van der Waals surface area contributed by atoms with E-state index < -0.39 is 0 Å². The normalized spacial score (nSPS) is 12.3. The van der Waals surface area contributed by atoms with Crippen LogP contribution in [0.2, 0.25) is 0 Å². The Morgan fingerprint density at radius 3 is 2.70 bits per heavy atom. The standard InChI is InChI=1S/C17H15FN2/c1-12(14-9-15(18)11-19-10-14)20-17-8-4-6-13-5-2-3-7-16(13)17/h2-12,20H,1H3. The molecular formula is C17H15FN2. The summed E-state index contributed by atoms with van der Waals surface area (Å²) >= 11 is 0. The number of pyridine rings is 1. The van der Waals surface area contributed by atoms with Gasteiger partial charge in [0.25, 0.3) is 0 Å². The van der Waals surface area contributed by atoms with E-state index in [-0.39, 0.29) is 11.9 Å². The minimum absolute atomic E-state index is 0.0102. The molecule has 0 aliphatic rings. The Hall–Kier alpha value is -2.42. The number of anilines is 1. The summed E-state index contributed by atoms with van der Waals surface area (Å²) in [6.07, 6.45) is 2.90. The number of halogens is 1. The first-order valence-corrected chi connectivity index (χ1v) is 6.59. The van der Waals surface area contributed by atoms with Gasteiger partial charge in [-0.05, 0) is 30.0 Å². The Bertz CT molecular complexity index is 734. The molecule has 1 N–H and O–H groups in total. The van der Waals surface area contributed by atoms with Crippen molar-refractivity contribution in [3.63, 3.8) is 0 Å². The van der Waals surface area contributed by atoms with Crippen molar-refractivity contribution in [2.24, 2.45) is 0 Å². The van der Waals surface area contributed by atoms with Crippen LogP contribution in [0.5, 0.6) is 0 Å². The van der Waals surface area contributed by atoms with Crippen molar-refractivity contribution < 1.29 is 4.39 Å². The summed E-state index contributed by atoms with van der Waals surface area (Å²) < 4.78 is 13.2. The minimum Gasteiger partial charge on any atom is -0.378 e. The second-order valence-corrected chi connectivity index (χ2v) is 4.83. The molecule has 2 nitrogen and oxygen atoms in total. The van der Waals surface area contributed by atoms with E-state index in [1.165, 1.54) is 17.6 Å². The molecule has 2 aromatic carbocycles. The third kappa shape index (κ3) is 2.48. The van der Waals surface area contributed by atoms with Gasteiger partial charge in [-0.2, -0.15) is 0 Å². The van der Waals surface area contributed by atoms with Gasteiger partial charge in [-0.25, -0.2) is 4.39 Å². The lowest BCUT2D eigenvalue weighted by Gasteiger charge is -2.17. The van der Waals surface area contributed by atoms with E-state index in [1.807, 2.05) is 31.2 Å². The fraction of sp³-hybridized carbons (Fsp3) is 0.118. The maximum Gasteiger partial charge on any atom is 0.141 e. The minimum atomic E-state index is -0.311. The van der Waals surface area contributed by atoms with Gasteiger partial charge in [0.1, 0.15) is 5.82 Å². The van der Waals surface area contributed by atoms with Crippen LogP contribution in [-0.4, -0.2) is 4.98 Å². The van der Waals surface area contributed by atoms with Crippen molar-refractivity contribution in [1.29, 1.82) is 0 Å². The third-order valence-electron chi connectivity index (χ3n) is 3.39. The Balaban J connectivity index is 1.93. The number of nitrogens with one attached hydrogen (secondary N) is 1. The molecule has 100 valence electrons. The van der Waals surface area contributed by atoms with Crippen molar-refractivity contribution >= 4 is 16.5 Å². The molecule has 0 radical (unpaired) electrons. The molecule has 0 aliphatic carbocycles. The van der Waals surface area contributed by atoms with Crippen LogP contribution in [0.25, 0.3) is 10.8 Å². The summed E-state index contributed by atoms with van der Waals surface area (Å²) in [7, 11) is 0. The second-order valence-electron chi connectivity index (χ2n) is 4.83. The molecule has 0 spiro atoms. The molecule has 0 saturated heterocycles. The molecular weight excluding hydrogens is 251 g/mol. The molecule has 20 heavy (non-hydrogen) atoms. The highest BCUT2D eigenvalue weighted by atomic mass is 19.1. The summed E-state index contributed by atoms with van der Waals surface area (Å²) in [5.41, 5.74) is 1.87. The topological polar surface area (TPSA) is 24.9 Å². The molecule has 0 aliphatic heterocycles. The smallest absolute Gasteiger partial charge is 0.141 e. The van der Waals surface area contributed by atoms with Crippen molar-refractivity contribution in [2.75, 3.05) is 5.32 Å². The fourth-order valence-electron chi connectivity index (χ4n) is 2.33. The van der Waals surface area contributed by atoms with Gasteiger partial charge in [0.2, 0.25) is 0 Å². The number of rotatable bonds is 3. The van der Waals surface area contributed by atoms with E-state index in [9.17, 15) is 4.39 Å². The number of fused-ring (bicyclic) bond motifs is 1. The summed E-state index contributed by atoms with van der Waals surface area (Å²) in [4.78, 5) is 3.89. The quantitative estimate of drug-likeness (QED) is 0.752. The molecule has 3 aromatic rings. The molecule has 3 rings (SSSR count). The highest BCUT2D eigenvalue weighted by Gasteiger charge is 2.08. The van der Waals surface area contributed by atoms with Crippen molar-refractivity contribution in [2.45, 2.75) is 13.0 Å². The van der Waals surface area contributed by atoms with Gasteiger partial charge in [0.05, 0.1) is 12.2 Å². The highest BCUT2D eigenvalue weighted by molar-refractivity contribution is 5.93. The van der Waals surface area contributed by atoms with E-state index in [1.54, 1.807) is 6.20 Å². The second kappa shape index (κ2) is 5.29. The van der Waals surface area contributed by atoms with Gasteiger partial charge in [-0.15, -0.1) is 0 Å². The van der Waals surface area contributed by atoms with Crippen LogP contribution in [0.15, 0.2) is 60.9 Å². The maximum atomic E-state index is 13.2. The monoisotopic (exact) mass is 266 g/mol. The number of nitrogens with zero attached hydrogens (tertiary/aromatic N) is 1. The number of benzene rings is 2. The fourth-order valence-corrected chi connectivity index (χ4v) is 2.33. The van der Waals surface area contributed by atoms with Crippen molar-refractivity contribution in [1.82, 2.24) is 4.98 Å². The van der Waals surface area contributed by atoms with E-state index in [0.29, 0.717) is 0 Å². The predicted octanol–water partition coefficient (Wildman–Crippen LogP) is 4.55. The predicted molar refractivity (Wildman–Crippen MR) is 80.2 cm³/mol. The molecule has 0 bridgehead atoms. The largest absolute Gasteiger partial charge is 0.378 e. The Morgan fingerprint density at radius 1 is 1.05 bits per heavy atom. The summed E-state index contributed by atoms with van der Waals surface area (Å²) in [5.74, 6) is -0.311. The Labute approximate surface area is 117 Å². The molecule has 1 unspecified atom stereocenters. The molecule has 1 atom stereocenters. The van der Waals surface area contributed by atoms with Crippen LogP contribution in [0.3, 0.4) is 0 Å². The molecule has 0 saturated carbocycles. The number of hydrogen-bond acceptors (Lipinski definition) is 2. The molecule has 0 amide bonds. The van der Waals surface area contributed by atoms with Gasteiger partial charge in [-0.1, -0.05) is 36.4 Å². The summed E-state index contributed by atoms with van der Waals surface area (Å²) in [5, 5.41) is 5.76. The molecule has 1 aromatic heterocycles. The van der Waals surface area contributed by atoms with Crippen LogP contribution < -0.4 is 5.32 Å². The van der Waals surface area contributed by atoms with Crippen molar-refractivity contribution in [3.8, 4) is 0 Å². The Morgan fingerprint density at radius 2 is 1.85 bits per heavy atom. The first-order chi connectivity index (χ1) is 9.74. The Kier molecular flexibility index (Phi) is 3.33. The van der Waals surface area contributed by atoms with Crippen LogP contribution >= 0.6 is 0 Å². The first kappa shape index (κ1) is 12.6. The lowest BCUT2D eigenvalue weighted by molar-refractivity contribution is 0.616. The van der Waals surface area contributed by atoms with Gasteiger partial charge < -0.3 is 5.32 Å². The third-order valence-corrected chi connectivity index (χ3v) is 3.39. The van der Waals surface area contributed by atoms with E-state index in [4.69, 9.17) is 0 Å². The van der Waals surface area contributed by atoms with E-state index >= 15 is 0 Å². The lowest BCUT2D eigenvalue weighted by atomic mass is 10.1. The van der Waals surface area contributed by atoms with Gasteiger partial charge in [0, 0.05) is 17.3 Å². The zero-order chi connectivity index (χ0) is 13.9. The maximum absolute atomic E-state index is 13.2. The lowest BCUT2D eigenvalue weighted by Crippen LogP contribution is -2.07. The van der Waals surface area contributed by atoms with Crippen LogP contribution in [0, 0.1) is 5.82 Å². The highest BCUT2D eigenvalue weighted by Crippen LogP contribution is 2.26. The molecule has 0 fully saturated rings. The van der Waals surface area contributed by atoms with Crippen molar-refractivity contribution in [3.05, 3.63) is 72.3 Å². The SMILES string of the molecule is CC(Nc1cccc2ccccc12)c1cncc(F)c1. The van der Waals surface area contributed by atoms with Crippen LogP contribution in [0.4, 0.5) is 10.1 Å². The van der Waals surface area contributed by atoms with Gasteiger partial charge in [-0.3, -0.25) is 4.98 Å².